The number of nitrogens with one attached hydrogen (secondary N) is 3. The molecule has 0 saturated carbocycles. The van der Waals surface area contributed by atoms with Crippen LogP contribution in [0, 0.1) is 0 Å². The van der Waals surface area contributed by atoms with Gasteiger partial charge in [0.2, 0.25) is 5.91 Å². The molecule has 2 fully saturated rings. The molecule has 1 aromatic rings. The molecular weight excluding hydrogens is 404 g/mol. The molecule has 1 amide bonds. The summed E-state index contributed by atoms with van der Waals surface area (Å²) < 4.78 is 5.46. The molecule has 3 rings (SSSR count). The molecule has 0 aliphatic carbocycles. The SMILES string of the molecule is CCCNC(=O)CN1CCC(NC(=NCC2CCCN2CC)NCCc2ccco2)CC1. The van der Waals surface area contributed by atoms with Gasteiger partial charge >= 0.3 is 0 Å². The highest BCUT2D eigenvalue weighted by molar-refractivity contribution is 5.80. The van der Waals surface area contributed by atoms with Gasteiger partial charge in [-0.15, -0.1) is 0 Å². The molecule has 2 saturated heterocycles. The molecule has 32 heavy (non-hydrogen) atoms. The molecule has 0 aromatic carbocycles. The van der Waals surface area contributed by atoms with Crippen LogP contribution in [-0.4, -0.2) is 86.1 Å². The minimum Gasteiger partial charge on any atom is -0.469 e. The molecule has 0 spiro atoms. The van der Waals surface area contributed by atoms with Gasteiger partial charge in [-0.05, 0) is 57.3 Å². The van der Waals surface area contributed by atoms with Gasteiger partial charge < -0.3 is 20.4 Å². The maximum atomic E-state index is 12.0. The van der Waals surface area contributed by atoms with Crippen LogP contribution in [0.25, 0.3) is 0 Å². The van der Waals surface area contributed by atoms with Crippen LogP contribution in [0.2, 0.25) is 0 Å². The van der Waals surface area contributed by atoms with Crippen molar-refractivity contribution in [2.24, 2.45) is 4.99 Å². The lowest BCUT2D eigenvalue weighted by Gasteiger charge is -2.32. The van der Waals surface area contributed by atoms with E-state index >= 15 is 0 Å². The molecule has 1 atom stereocenters. The molecule has 3 N–H and O–H groups in total. The number of aliphatic imine (C=N–C) groups is 1. The first kappa shape index (κ1) is 24.6. The van der Waals surface area contributed by atoms with Crippen LogP contribution in [0.1, 0.15) is 51.7 Å². The average Bonchev–Trinajstić information content (AvgIpc) is 3.49. The Bertz CT molecular complexity index is 685. The lowest BCUT2D eigenvalue weighted by atomic mass is 10.1. The normalized spacial score (nSPS) is 21.1. The van der Waals surface area contributed by atoms with Crippen molar-refractivity contribution in [3.8, 4) is 0 Å². The summed E-state index contributed by atoms with van der Waals surface area (Å²) in [7, 11) is 0. The molecule has 2 aliphatic rings. The number of likely N-dealkylation sites (tertiary alicyclic amines) is 2. The number of carbonyl (C=O) groups is 1. The Morgan fingerprint density at radius 2 is 2.00 bits per heavy atom. The van der Waals surface area contributed by atoms with Crippen LogP contribution in [0.4, 0.5) is 0 Å². The van der Waals surface area contributed by atoms with E-state index in [0.717, 1.165) is 76.7 Å². The fraction of sp³-hybridized carbons (Fsp3) is 0.750. The van der Waals surface area contributed by atoms with E-state index in [1.54, 1.807) is 6.26 Å². The third-order valence-electron chi connectivity index (χ3n) is 6.48. The highest BCUT2D eigenvalue weighted by atomic mass is 16.3. The average molecular weight is 447 g/mol. The fourth-order valence-corrected chi connectivity index (χ4v) is 4.58. The standard InChI is InChI=1S/C24H42N6O2/c1-3-12-25-23(31)19-29-15-10-20(11-16-29)28-24(26-13-9-22-8-6-17-32-22)27-18-21-7-5-14-30(21)4-2/h6,8,17,20-21H,3-5,7,9-16,18-19H2,1-2H3,(H,25,31)(H2,26,27,28). The molecular formula is C24H42N6O2. The largest absolute Gasteiger partial charge is 0.469 e. The van der Waals surface area contributed by atoms with E-state index in [1.807, 2.05) is 12.1 Å². The van der Waals surface area contributed by atoms with Crippen LogP contribution in [0.15, 0.2) is 27.8 Å². The van der Waals surface area contributed by atoms with E-state index in [4.69, 9.17) is 9.41 Å². The molecule has 1 aromatic heterocycles. The molecule has 1 unspecified atom stereocenters. The van der Waals surface area contributed by atoms with Crippen molar-refractivity contribution in [3.63, 3.8) is 0 Å². The number of nitrogens with zero attached hydrogens (tertiary/aromatic N) is 3. The zero-order valence-electron chi connectivity index (χ0n) is 19.9. The molecule has 8 heteroatoms. The number of amides is 1. The Morgan fingerprint density at radius 3 is 2.72 bits per heavy atom. The van der Waals surface area contributed by atoms with E-state index in [2.05, 4.69) is 39.6 Å². The molecule has 0 radical (unpaired) electrons. The lowest BCUT2D eigenvalue weighted by Crippen LogP contribution is -2.50. The summed E-state index contributed by atoms with van der Waals surface area (Å²) in [5.41, 5.74) is 0. The maximum absolute atomic E-state index is 12.0. The van der Waals surface area contributed by atoms with Gasteiger partial charge in [0.15, 0.2) is 5.96 Å². The number of furan rings is 1. The van der Waals surface area contributed by atoms with Gasteiger partial charge in [0.25, 0.3) is 0 Å². The lowest BCUT2D eigenvalue weighted by molar-refractivity contribution is -0.122. The highest BCUT2D eigenvalue weighted by Gasteiger charge is 2.24. The first-order chi connectivity index (χ1) is 15.7. The van der Waals surface area contributed by atoms with E-state index in [-0.39, 0.29) is 5.91 Å². The van der Waals surface area contributed by atoms with E-state index in [1.165, 1.54) is 19.4 Å². The number of carbonyl (C=O) groups excluding carboxylic acids is 1. The summed E-state index contributed by atoms with van der Waals surface area (Å²) in [5, 5.41) is 10.1. The molecule has 0 bridgehead atoms. The fourth-order valence-electron chi connectivity index (χ4n) is 4.58. The second kappa shape index (κ2) is 13.5. The van der Waals surface area contributed by atoms with Crippen molar-refractivity contribution < 1.29 is 9.21 Å². The Hall–Kier alpha value is -2.06. The summed E-state index contributed by atoms with van der Waals surface area (Å²) in [5.74, 6) is 2.02. The van der Waals surface area contributed by atoms with Crippen molar-refractivity contribution in [3.05, 3.63) is 24.2 Å². The second-order valence-corrected chi connectivity index (χ2v) is 8.91. The van der Waals surface area contributed by atoms with Gasteiger partial charge in [-0.2, -0.15) is 0 Å². The Labute approximate surface area is 193 Å². The van der Waals surface area contributed by atoms with E-state index in [9.17, 15) is 4.79 Å². The second-order valence-electron chi connectivity index (χ2n) is 8.91. The topological polar surface area (TPSA) is 85.1 Å². The number of guanidine groups is 1. The van der Waals surface area contributed by atoms with Crippen molar-refractivity contribution >= 4 is 11.9 Å². The van der Waals surface area contributed by atoms with Crippen LogP contribution in [0.3, 0.4) is 0 Å². The number of piperidine rings is 1. The van der Waals surface area contributed by atoms with E-state index < -0.39 is 0 Å². The van der Waals surface area contributed by atoms with Gasteiger partial charge in [0, 0.05) is 44.7 Å². The van der Waals surface area contributed by atoms with Gasteiger partial charge in [0.05, 0.1) is 19.4 Å². The van der Waals surface area contributed by atoms with Crippen molar-refractivity contribution in [1.82, 2.24) is 25.8 Å². The van der Waals surface area contributed by atoms with E-state index in [0.29, 0.717) is 18.6 Å². The Morgan fingerprint density at radius 1 is 1.16 bits per heavy atom. The zero-order valence-corrected chi connectivity index (χ0v) is 19.9. The number of likely N-dealkylation sites (N-methyl/N-ethyl adjacent to an activating group) is 1. The van der Waals surface area contributed by atoms with Gasteiger partial charge in [-0.3, -0.25) is 19.6 Å². The van der Waals surface area contributed by atoms with Crippen LogP contribution < -0.4 is 16.0 Å². The predicted octanol–water partition coefficient (Wildman–Crippen LogP) is 1.83. The number of rotatable bonds is 11. The molecule has 180 valence electrons. The molecule has 2 aliphatic heterocycles. The molecule has 8 nitrogen and oxygen atoms in total. The quantitative estimate of drug-likeness (QED) is 0.355. The minimum absolute atomic E-state index is 0.136. The van der Waals surface area contributed by atoms with Gasteiger partial charge in [0.1, 0.15) is 5.76 Å². The Kier molecular flexibility index (Phi) is 10.4. The summed E-state index contributed by atoms with van der Waals surface area (Å²) in [4.78, 5) is 21.7. The molecule has 3 heterocycles. The van der Waals surface area contributed by atoms with Gasteiger partial charge in [-0.25, -0.2) is 0 Å². The minimum atomic E-state index is 0.136. The van der Waals surface area contributed by atoms with Crippen molar-refractivity contribution in [1.29, 1.82) is 0 Å². The van der Waals surface area contributed by atoms with Crippen molar-refractivity contribution in [2.45, 2.75) is 64.5 Å². The third-order valence-corrected chi connectivity index (χ3v) is 6.48. The highest BCUT2D eigenvalue weighted by Crippen LogP contribution is 2.17. The maximum Gasteiger partial charge on any atom is 0.234 e. The Balaban J connectivity index is 1.48. The number of hydrogen-bond acceptors (Lipinski definition) is 5. The van der Waals surface area contributed by atoms with Crippen LogP contribution in [-0.2, 0) is 11.2 Å². The van der Waals surface area contributed by atoms with Crippen molar-refractivity contribution in [2.75, 3.05) is 52.4 Å². The first-order valence-corrected chi connectivity index (χ1v) is 12.5. The summed E-state index contributed by atoms with van der Waals surface area (Å²) in [6, 6.07) is 4.87. The van der Waals surface area contributed by atoms with Crippen LogP contribution >= 0.6 is 0 Å². The van der Waals surface area contributed by atoms with Crippen LogP contribution in [0.5, 0.6) is 0 Å². The zero-order chi connectivity index (χ0) is 22.6. The predicted molar refractivity (Wildman–Crippen MR) is 129 cm³/mol. The first-order valence-electron chi connectivity index (χ1n) is 12.5. The number of hydrogen-bond donors (Lipinski definition) is 3. The summed E-state index contributed by atoms with van der Waals surface area (Å²) in [6.45, 7) is 11.4. The monoisotopic (exact) mass is 446 g/mol. The smallest absolute Gasteiger partial charge is 0.234 e. The summed E-state index contributed by atoms with van der Waals surface area (Å²) in [6.07, 6.45) is 8.07. The van der Waals surface area contributed by atoms with Gasteiger partial charge in [-0.1, -0.05) is 13.8 Å². The third kappa shape index (κ3) is 8.13. The summed E-state index contributed by atoms with van der Waals surface area (Å²) >= 11 is 0.